The summed E-state index contributed by atoms with van der Waals surface area (Å²) in [6.07, 6.45) is 2.36. The van der Waals surface area contributed by atoms with Crippen LogP contribution in [0.25, 0.3) is 0 Å². The molecule has 0 radical (unpaired) electrons. The average molecular weight is 418 g/mol. The number of amides is 1. The SMILES string of the molecule is COc1ccc(S(=O)(=O)Nc2ccc(N3CCCC3)cc2)cc1C(=O)NC(C)C. The minimum absolute atomic E-state index is 0.00387. The minimum Gasteiger partial charge on any atom is -0.496 e. The van der Waals surface area contributed by atoms with Crippen LogP contribution in [0.5, 0.6) is 5.75 Å². The van der Waals surface area contributed by atoms with E-state index >= 15 is 0 Å². The van der Waals surface area contributed by atoms with E-state index in [0.717, 1.165) is 18.8 Å². The first kappa shape index (κ1) is 21.0. The van der Waals surface area contributed by atoms with Crippen LogP contribution in [0, 0.1) is 0 Å². The molecule has 8 heteroatoms. The van der Waals surface area contributed by atoms with Crippen molar-refractivity contribution in [2.75, 3.05) is 29.8 Å². The molecule has 1 fully saturated rings. The van der Waals surface area contributed by atoms with E-state index in [1.54, 1.807) is 12.1 Å². The predicted octanol–water partition coefficient (Wildman–Crippen LogP) is 3.23. The molecule has 1 saturated heterocycles. The molecule has 0 atom stereocenters. The van der Waals surface area contributed by atoms with Gasteiger partial charge in [0.1, 0.15) is 5.75 Å². The lowest BCUT2D eigenvalue weighted by Crippen LogP contribution is -2.30. The van der Waals surface area contributed by atoms with Crippen LogP contribution in [-0.2, 0) is 10.0 Å². The van der Waals surface area contributed by atoms with Crippen molar-refractivity contribution >= 4 is 27.3 Å². The van der Waals surface area contributed by atoms with Crippen molar-refractivity contribution in [2.24, 2.45) is 0 Å². The average Bonchev–Trinajstić information content (AvgIpc) is 3.22. The normalized spacial score (nSPS) is 14.1. The van der Waals surface area contributed by atoms with Gasteiger partial charge in [-0.2, -0.15) is 0 Å². The van der Waals surface area contributed by atoms with Crippen molar-refractivity contribution in [3.8, 4) is 5.75 Å². The molecule has 0 bridgehead atoms. The van der Waals surface area contributed by atoms with Crippen molar-refractivity contribution < 1.29 is 17.9 Å². The topological polar surface area (TPSA) is 87.7 Å². The summed E-state index contributed by atoms with van der Waals surface area (Å²) in [5.41, 5.74) is 1.73. The van der Waals surface area contributed by atoms with Gasteiger partial charge in [0.25, 0.3) is 15.9 Å². The number of nitrogens with zero attached hydrogens (tertiary/aromatic N) is 1. The standard InChI is InChI=1S/C21H27N3O4S/c1-15(2)22-21(25)19-14-18(10-11-20(19)28-3)29(26,27)23-16-6-8-17(9-7-16)24-12-4-5-13-24/h6-11,14-15,23H,4-5,12-13H2,1-3H3,(H,22,25). The number of hydrogen-bond acceptors (Lipinski definition) is 5. The van der Waals surface area contributed by atoms with Gasteiger partial charge in [-0.25, -0.2) is 8.42 Å². The number of carbonyl (C=O) groups is 1. The predicted molar refractivity (Wildman–Crippen MR) is 114 cm³/mol. The smallest absolute Gasteiger partial charge is 0.261 e. The van der Waals surface area contributed by atoms with E-state index in [1.807, 2.05) is 26.0 Å². The first-order chi connectivity index (χ1) is 13.8. The van der Waals surface area contributed by atoms with Gasteiger partial charge in [0, 0.05) is 30.5 Å². The number of hydrogen-bond donors (Lipinski definition) is 2. The van der Waals surface area contributed by atoms with Gasteiger partial charge >= 0.3 is 0 Å². The molecule has 1 heterocycles. The summed E-state index contributed by atoms with van der Waals surface area (Å²) in [6, 6.07) is 11.5. The number of sulfonamides is 1. The first-order valence-corrected chi connectivity index (χ1v) is 11.2. The van der Waals surface area contributed by atoms with Gasteiger partial charge in [0.15, 0.2) is 0 Å². The lowest BCUT2D eigenvalue weighted by Gasteiger charge is -2.18. The molecule has 0 saturated carbocycles. The van der Waals surface area contributed by atoms with Crippen LogP contribution in [0.3, 0.4) is 0 Å². The Labute approximate surface area is 172 Å². The fourth-order valence-corrected chi connectivity index (χ4v) is 4.39. The van der Waals surface area contributed by atoms with Gasteiger partial charge in [-0.1, -0.05) is 0 Å². The Bertz CT molecular complexity index is 966. The second-order valence-corrected chi connectivity index (χ2v) is 9.02. The van der Waals surface area contributed by atoms with Crippen molar-refractivity contribution in [1.29, 1.82) is 0 Å². The van der Waals surface area contributed by atoms with Crippen molar-refractivity contribution in [3.05, 3.63) is 48.0 Å². The maximum absolute atomic E-state index is 12.8. The summed E-state index contributed by atoms with van der Waals surface area (Å²) in [4.78, 5) is 14.7. The molecule has 0 aromatic heterocycles. The molecule has 0 aliphatic carbocycles. The molecule has 29 heavy (non-hydrogen) atoms. The molecule has 156 valence electrons. The van der Waals surface area contributed by atoms with Crippen LogP contribution in [0.2, 0.25) is 0 Å². The van der Waals surface area contributed by atoms with Crippen molar-refractivity contribution in [2.45, 2.75) is 37.6 Å². The summed E-state index contributed by atoms with van der Waals surface area (Å²) in [7, 11) is -2.41. The number of carbonyl (C=O) groups excluding carboxylic acids is 1. The van der Waals surface area contributed by atoms with Gasteiger partial charge < -0.3 is 15.0 Å². The minimum atomic E-state index is -3.85. The summed E-state index contributed by atoms with van der Waals surface area (Å²) in [6.45, 7) is 5.72. The van der Waals surface area contributed by atoms with Crippen LogP contribution in [-0.4, -0.2) is 40.6 Å². The molecule has 1 amide bonds. The Kier molecular flexibility index (Phi) is 6.32. The Morgan fingerprint density at radius 2 is 1.72 bits per heavy atom. The summed E-state index contributed by atoms with van der Waals surface area (Å²) < 4.78 is 33.5. The van der Waals surface area contributed by atoms with Crippen LogP contribution >= 0.6 is 0 Å². The van der Waals surface area contributed by atoms with Gasteiger partial charge in [-0.15, -0.1) is 0 Å². The van der Waals surface area contributed by atoms with E-state index < -0.39 is 10.0 Å². The quantitative estimate of drug-likeness (QED) is 0.722. The molecule has 2 aromatic carbocycles. The van der Waals surface area contributed by atoms with Gasteiger partial charge in [0.2, 0.25) is 0 Å². The highest BCUT2D eigenvalue weighted by atomic mass is 32.2. The van der Waals surface area contributed by atoms with Crippen molar-refractivity contribution in [1.82, 2.24) is 5.32 Å². The third-order valence-corrected chi connectivity index (χ3v) is 6.12. The molecular weight excluding hydrogens is 390 g/mol. The summed E-state index contributed by atoms with van der Waals surface area (Å²) in [5, 5.41) is 2.76. The zero-order valence-electron chi connectivity index (χ0n) is 16.9. The van der Waals surface area contributed by atoms with E-state index in [2.05, 4.69) is 14.9 Å². The van der Waals surface area contributed by atoms with E-state index in [1.165, 1.54) is 38.2 Å². The fraction of sp³-hybridized carbons (Fsp3) is 0.381. The van der Waals surface area contributed by atoms with Gasteiger partial charge in [0.05, 0.1) is 17.6 Å². The number of benzene rings is 2. The second kappa shape index (κ2) is 8.73. The highest BCUT2D eigenvalue weighted by molar-refractivity contribution is 7.92. The number of rotatable bonds is 7. The highest BCUT2D eigenvalue weighted by Crippen LogP contribution is 2.26. The monoisotopic (exact) mass is 417 g/mol. The Morgan fingerprint density at radius 1 is 1.07 bits per heavy atom. The Balaban J connectivity index is 1.82. The highest BCUT2D eigenvalue weighted by Gasteiger charge is 2.21. The maximum Gasteiger partial charge on any atom is 0.261 e. The lowest BCUT2D eigenvalue weighted by molar-refractivity contribution is 0.0940. The largest absolute Gasteiger partial charge is 0.496 e. The second-order valence-electron chi connectivity index (χ2n) is 7.34. The molecule has 2 N–H and O–H groups in total. The Hall–Kier alpha value is -2.74. The number of ether oxygens (including phenoxy) is 1. The molecule has 0 unspecified atom stereocenters. The molecular formula is C21H27N3O4S. The molecule has 0 spiro atoms. The zero-order valence-corrected chi connectivity index (χ0v) is 17.8. The molecule has 1 aliphatic heterocycles. The van der Waals surface area contributed by atoms with E-state index in [-0.39, 0.29) is 22.4 Å². The third kappa shape index (κ3) is 5.00. The first-order valence-electron chi connectivity index (χ1n) is 9.67. The van der Waals surface area contributed by atoms with Gasteiger partial charge in [-0.3, -0.25) is 9.52 Å². The fourth-order valence-electron chi connectivity index (χ4n) is 3.30. The summed E-state index contributed by atoms with van der Waals surface area (Å²) in [5.74, 6) is -0.0686. The van der Waals surface area contributed by atoms with E-state index in [9.17, 15) is 13.2 Å². The number of methoxy groups -OCH3 is 1. The van der Waals surface area contributed by atoms with Crippen LogP contribution in [0.15, 0.2) is 47.4 Å². The van der Waals surface area contributed by atoms with Crippen LogP contribution < -0.4 is 19.7 Å². The zero-order chi connectivity index (χ0) is 21.0. The van der Waals surface area contributed by atoms with E-state index in [0.29, 0.717) is 11.4 Å². The van der Waals surface area contributed by atoms with Crippen molar-refractivity contribution in [3.63, 3.8) is 0 Å². The number of nitrogens with one attached hydrogen (secondary N) is 2. The molecule has 7 nitrogen and oxygen atoms in total. The molecule has 1 aliphatic rings. The third-order valence-electron chi connectivity index (χ3n) is 4.74. The Morgan fingerprint density at radius 3 is 2.31 bits per heavy atom. The number of anilines is 2. The molecule has 3 rings (SSSR count). The van der Waals surface area contributed by atoms with Gasteiger partial charge in [-0.05, 0) is 69.2 Å². The molecule has 2 aromatic rings. The van der Waals surface area contributed by atoms with E-state index in [4.69, 9.17) is 4.74 Å². The lowest BCUT2D eigenvalue weighted by atomic mass is 10.2. The van der Waals surface area contributed by atoms with Crippen LogP contribution in [0.4, 0.5) is 11.4 Å². The maximum atomic E-state index is 12.8. The summed E-state index contributed by atoms with van der Waals surface area (Å²) >= 11 is 0. The van der Waals surface area contributed by atoms with Crippen LogP contribution in [0.1, 0.15) is 37.0 Å².